The van der Waals surface area contributed by atoms with Crippen molar-refractivity contribution in [2.24, 2.45) is 0 Å². The van der Waals surface area contributed by atoms with Gasteiger partial charge in [-0.15, -0.1) is 0 Å². The number of hydrogen-bond acceptors (Lipinski definition) is 6. The molecule has 1 saturated heterocycles. The second-order valence-corrected chi connectivity index (χ2v) is 8.45. The van der Waals surface area contributed by atoms with Gasteiger partial charge in [0.1, 0.15) is 18.2 Å². The molecule has 1 aromatic heterocycles. The highest BCUT2D eigenvalue weighted by atomic mass is 19.1. The maximum atomic E-state index is 14.6. The number of ether oxygens (including phenoxy) is 4. The monoisotopic (exact) mass is 488 g/mol. The van der Waals surface area contributed by atoms with E-state index < -0.39 is 29.1 Å². The summed E-state index contributed by atoms with van der Waals surface area (Å²) in [5.74, 6) is -2.07. The van der Waals surface area contributed by atoms with E-state index in [0.29, 0.717) is 18.8 Å². The SMILES string of the molecule is O=c1cc(COCC2CCCO2)n2c(n1)O[C@H](COc1ccc(-c3cc(F)ccc3F)cc1F)C2. The summed E-state index contributed by atoms with van der Waals surface area (Å²) >= 11 is 0. The molecule has 0 bridgehead atoms. The Morgan fingerprint density at radius 2 is 1.91 bits per heavy atom. The smallest absolute Gasteiger partial charge is 0.300 e. The van der Waals surface area contributed by atoms with Gasteiger partial charge in [0, 0.05) is 18.2 Å². The van der Waals surface area contributed by atoms with Crippen LogP contribution in [0, 0.1) is 17.5 Å². The number of nitrogens with zero attached hydrogens (tertiary/aromatic N) is 2. The molecule has 10 heteroatoms. The molecular formula is C25H23F3N2O5. The Morgan fingerprint density at radius 1 is 1.03 bits per heavy atom. The topological polar surface area (TPSA) is 71.8 Å². The highest BCUT2D eigenvalue weighted by Crippen LogP contribution is 2.29. The number of hydrogen-bond donors (Lipinski definition) is 0. The Kier molecular flexibility index (Phi) is 6.74. The van der Waals surface area contributed by atoms with Crippen LogP contribution >= 0.6 is 0 Å². The maximum Gasteiger partial charge on any atom is 0.300 e. The summed E-state index contributed by atoms with van der Waals surface area (Å²) in [6, 6.07) is 8.42. The molecule has 0 aliphatic carbocycles. The lowest BCUT2D eigenvalue weighted by Gasteiger charge is -2.13. The first-order valence-electron chi connectivity index (χ1n) is 11.3. The van der Waals surface area contributed by atoms with Crippen LogP contribution in [0.1, 0.15) is 18.5 Å². The molecule has 1 fully saturated rings. The first kappa shape index (κ1) is 23.4. The van der Waals surface area contributed by atoms with Crippen LogP contribution in [0.2, 0.25) is 0 Å². The minimum atomic E-state index is -0.725. The highest BCUT2D eigenvalue weighted by Gasteiger charge is 2.27. The zero-order chi connectivity index (χ0) is 24.4. The lowest BCUT2D eigenvalue weighted by atomic mass is 10.0. The molecular weight excluding hydrogens is 465 g/mol. The van der Waals surface area contributed by atoms with E-state index in [0.717, 1.165) is 43.7 Å². The van der Waals surface area contributed by atoms with Gasteiger partial charge in [0.25, 0.3) is 5.56 Å². The van der Waals surface area contributed by atoms with E-state index in [2.05, 4.69) is 4.98 Å². The first-order valence-corrected chi connectivity index (χ1v) is 11.3. The summed E-state index contributed by atoms with van der Waals surface area (Å²) in [6.45, 7) is 1.70. The molecule has 0 spiro atoms. The molecule has 0 radical (unpaired) electrons. The minimum Gasteiger partial charge on any atom is -0.487 e. The fraction of sp³-hybridized carbons (Fsp3) is 0.360. The summed E-state index contributed by atoms with van der Waals surface area (Å²) in [6.07, 6.45) is 1.52. The average molecular weight is 488 g/mol. The molecule has 0 N–H and O–H groups in total. The van der Waals surface area contributed by atoms with Crippen LogP contribution in [0.15, 0.2) is 47.3 Å². The van der Waals surface area contributed by atoms with Crippen molar-refractivity contribution in [3.8, 4) is 22.9 Å². The Labute approximate surface area is 199 Å². The van der Waals surface area contributed by atoms with Crippen molar-refractivity contribution in [2.75, 3.05) is 19.8 Å². The third-order valence-electron chi connectivity index (χ3n) is 5.91. The standard InChI is InChI=1S/C25H23F3N2O5/c26-16-4-5-21(27)20(9-16)15-3-6-23(22(28)8-15)34-14-19-11-30-17(10-24(31)29-25(30)35-19)12-32-13-18-2-1-7-33-18/h3-6,8-10,18-19H,1-2,7,11-14H2/t18?,19-/m0/s1. The third kappa shape index (κ3) is 5.33. The van der Waals surface area contributed by atoms with Crippen molar-refractivity contribution in [3.05, 3.63) is 76.0 Å². The average Bonchev–Trinajstić information content (AvgIpc) is 3.49. The van der Waals surface area contributed by atoms with E-state index in [4.69, 9.17) is 18.9 Å². The highest BCUT2D eigenvalue weighted by molar-refractivity contribution is 5.65. The Hall–Kier alpha value is -3.37. The molecule has 2 aromatic carbocycles. The zero-order valence-corrected chi connectivity index (χ0v) is 18.7. The summed E-state index contributed by atoms with van der Waals surface area (Å²) in [5, 5.41) is 0. The van der Waals surface area contributed by atoms with Gasteiger partial charge < -0.3 is 18.9 Å². The van der Waals surface area contributed by atoms with Crippen LogP contribution in [-0.4, -0.2) is 41.6 Å². The van der Waals surface area contributed by atoms with Gasteiger partial charge >= 0.3 is 6.01 Å². The normalized spacial score (nSPS) is 18.9. The van der Waals surface area contributed by atoms with Crippen LogP contribution in [-0.2, 0) is 22.6 Å². The van der Waals surface area contributed by atoms with E-state index in [9.17, 15) is 18.0 Å². The predicted octanol–water partition coefficient (Wildman–Crippen LogP) is 3.86. The van der Waals surface area contributed by atoms with E-state index in [1.165, 1.54) is 18.2 Å². The van der Waals surface area contributed by atoms with Crippen molar-refractivity contribution < 1.29 is 32.1 Å². The number of aromatic nitrogens is 2. The number of halogens is 3. The Balaban J connectivity index is 1.21. The third-order valence-corrected chi connectivity index (χ3v) is 5.91. The Morgan fingerprint density at radius 3 is 2.71 bits per heavy atom. The summed E-state index contributed by atoms with van der Waals surface area (Å²) in [4.78, 5) is 15.9. The Bertz CT molecular complexity index is 1280. The van der Waals surface area contributed by atoms with Gasteiger partial charge in [0.2, 0.25) is 0 Å². The maximum absolute atomic E-state index is 14.6. The molecule has 0 saturated carbocycles. The van der Waals surface area contributed by atoms with Gasteiger partial charge in [-0.3, -0.25) is 9.36 Å². The van der Waals surface area contributed by atoms with Crippen molar-refractivity contribution in [1.82, 2.24) is 9.55 Å². The van der Waals surface area contributed by atoms with Gasteiger partial charge in [-0.25, -0.2) is 13.2 Å². The van der Waals surface area contributed by atoms with Crippen LogP contribution in [0.4, 0.5) is 13.2 Å². The van der Waals surface area contributed by atoms with Gasteiger partial charge in [-0.1, -0.05) is 6.07 Å². The minimum absolute atomic E-state index is 0.0155. The van der Waals surface area contributed by atoms with Crippen molar-refractivity contribution in [1.29, 1.82) is 0 Å². The van der Waals surface area contributed by atoms with Crippen LogP contribution in [0.5, 0.6) is 11.8 Å². The first-order chi connectivity index (χ1) is 17.0. The van der Waals surface area contributed by atoms with Gasteiger partial charge in [0.15, 0.2) is 17.7 Å². The molecule has 184 valence electrons. The number of benzene rings is 2. The van der Waals surface area contributed by atoms with Crippen LogP contribution in [0.3, 0.4) is 0 Å². The van der Waals surface area contributed by atoms with Crippen LogP contribution < -0.4 is 15.0 Å². The van der Waals surface area contributed by atoms with Gasteiger partial charge in [-0.05, 0) is 48.7 Å². The number of fused-ring (bicyclic) bond motifs is 1. The van der Waals surface area contributed by atoms with Crippen molar-refractivity contribution in [2.45, 2.75) is 38.2 Å². The van der Waals surface area contributed by atoms with Gasteiger partial charge in [0.05, 0.1) is 31.6 Å². The summed E-state index contributed by atoms with van der Waals surface area (Å²) < 4.78 is 66.4. The molecule has 2 aliphatic heterocycles. The lowest BCUT2D eigenvalue weighted by Crippen LogP contribution is -2.24. The molecule has 3 aromatic rings. The molecule has 0 amide bonds. The molecule has 3 heterocycles. The molecule has 2 aliphatic rings. The number of rotatable bonds is 8. The predicted molar refractivity (Wildman–Crippen MR) is 119 cm³/mol. The molecule has 1 unspecified atom stereocenters. The second kappa shape index (κ2) is 10.1. The van der Waals surface area contributed by atoms with Gasteiger partial charge in [-0.2, -0.15) is 4.98 Å². The molecule has 5 rings (SSSR count). The summed E-state index contributed by atoms with van der Waals surface area (Å²) in [5.41, 5.74) is 0.315. The lowest BCUT2D eigenvalue weighted by molar-refractivity contribution is 0.00873. The van der Waals surface area contributed by atoms with Crippen LogP contribution in [0.25, 0.3) is 11.1 Å². The van der Waals surface area contributed by atoms with E-state index in [1.807, 2.05) is 0 Å². The van der Waals surface area contributed by atoms with E-state index >= 15 is 0 Å². The quantitative estimate of drug-likeness (QED) is 0.480. The second-order valence-electron chi connectivity index (χ2n) is 8.45. The van der Waals surface area contributed by atoms with Crippen molar-refractivity contribution in [3.63, 3.8) is 0 Å². The molecule has 7 nitrogen and oxygen atoms in total. The van der Waals surface area contributed by atoms with E-state index in [-0.39, 0.29) is 42.2 Å². The van der Waals surface area contributed by atoms with Crippen molar-refractivity contribution >= 4 is 0 Å². The fourth-order valence-electron chi connectivity index (χ4n) is 4.17. The van der Waals surface area contributed by atoms with E-state index in [1.54, 1.807) is 4.57 Å². The largest absolute Gasteiger partial charge is 0.487 e. The zero-order valence-electron chi connectivity index (χ0n) is 18.7. The summed E-state index contributed by atoms with van der Waals surface area (Å²) in [7, 11) is 0. The molecule has 2 atom stereocenters. The fourth-order valence-corrected chi connectivity index (χ4v) is 4.17. The molecule has 35 heavy (non-hydrogen) atoms.